The van der Waals surface area contributed by atoms with Crippen molar-refractivity contribution in [2.75, 3.05) is 52.4 Å². The van der Waals surface area contributed by atoms with E-state index in [0.29, 0.717) is 18.2 Å². The van der Waals surface area contributed by atoms with Crippen LogP contribution in [-0.4, -0.2) is 84.9 Å². The number of nitrogens with one attached hydrogen (secondary N) is 1. The predicted octanol–water partition coefficient (Wildman–Crippen LogP) is 0.531. The lowest BCUT2D eigenvalue weighted by Gasteiger charge is -2.36. The molecule has 1 unspecified atom stereocenters. The highest BCUT2D eigenvalue weighted by Gasteiger charge is 2.31. The molecule has 24 heavy (non-hydrogen) atoms. The molecule has 3 rings (SSSR count). The number of piperazine rings is 1. The number of hydrogen-bond acceptors (Lipinski definition) is 4. The Bertz CT molecular complexity index is 434. The van der Waals surface area contributed by atoms with Crippen molar-refractivity contribution in [1.82, 2.24) is 20.0 Å². The molecule has 0 saturated carbocycles. The van der Waals surface area contributed by atoms with Crippen LogP contribution in [0, 0.1) is 5.92 Å². The average molecular weight is 336 g/mol. The molecule has 3 saturated heterocycles. The molecule has 3 heterocycles. The number of nitrogens with zero attached hydrogens (tertiary/aromatic N) is 3. The highest BCUT2D eigenvalue weighted by molar-refractivity contribution is 5.82. The first-order valence-electron chi connectivity index (χ1n) is 9.69. The van der Waals surface area contributed by atoms with Crippen molar-refractivity contribution in [2.45, 2.75) is 45.1 Å². The summed E-state index contributed by atoms with van der Waals surface area (Å²) in [6.07, 6.45) is 4.68. The second-order valence-electron chi connectivity index (χ2n) is 7.44. The minimum Gasteiger partial charge on any atom is -0.341 e. The van der Waals surface area contributed by atoms with Crippen molar-refractivity contribution < 1.29 is 9.59 Å². The van der Waals surface area contributed by atoms with E-state index in [2.05, 4.69) is 17.1 Å². The van der Waals surface area contributed by atoms with Crippen LogP contribution in [-0.2, 0) is 9.59 Å². The maximum Gasteiger partial charge on any atom is 0.239 e. The Kier molecular flexibility index (Phi) is 6.11. The first-order valence-corrected chi connectivity index (χ1v) is 9.69. The Balaban J connectivity index is 1.39. The standard InChI is InChI=1S/C18H32N4O2/c1-2-20-10-12-21(13-11-20)17(23)14-15-5-8-22(9-6-15)18(24)16-4-3-7-19-16/h15-16,19H,2-14H2,1H3. The molecule has 1 atom stereocenters. The Morgan fingerprint density at radius 2 is 1.67 bits per heavy atom. The summed E-state index contributed by atoms with van der Waals surface area (Å²) >= 11 is 0. The van der Waals surface area contributed by atoms with Gasteiger partial charge in [0.25, 0.3) is 0 Å². The number of carbonyl (C=O) groups is 2. The van der Waals surface area contributed by atoms with Gasteiger partial charge < -0.3 is 20.0 Å². The first-order chi connectivity index (χ1) is 11.7. The molecule has 6 heteroatoms. The van der Waals surface area contributed by atoms with Crippen LogP contribution in [0.1, 0.15) is 39.0 Å². The van der Waals surface area contributed by atoms with E-state index in [4.69, 9.17) is 0 Å². The molecule has 0 bridgehead atoms. The fraction of sp³-hybridized carbons (Fsp3) is 0.889. The van der Waals surface area contributed by atoms with Gasteiger partial charge in [-0.25, -0.2) is 0 Å². The normalized spacial score (nSPS) is 26.8. The number of amides is 2. The lowest BCUT2D eigenvalue weighted by molar-refractivity contribution is -0.136. The van der Waals surface area contributed by atoms with E-state index < -0.39 is 0 Å². The van der Waals surface area contributed by atoms with E-state index in [1.54, 1.807) is 0 Å². The number of rotatable bonds is 4. The van der Waals surface area contributed by atoms with Crippen molar-refractivity contribution in [3.8, 4) is 0 Å². The van der Waals surface area contributed by atoms with Gasteiger partial charge in [-0.3, -0.25) is 9.59 Å². The van der Waals surface area contributed by atoms with Gasteiger partial charge in [0, 0.05) is 45.7 Å². The van der Waals surface area contributed by atoms with Crippen molar-refractivity contribution >= 4 is 11.8 Å². The van der Waals surface area contributed by atoms with E-state index in [1.165, 1.54) is 0 Å². The molecular weight excluding hydrogens is 304 g/mol. The van der Waals surface area contributed by atoms with Crippen LogP contribution in [0.2, 0.25) is 0 Å². The first kappa shape index (κ1) is 17.7. The topological polar surface area (TPSA) is 55.9 Å². The van der Waals surface area contributed by atoms with E-state index in [1.807, 2.05) is 9.80 Å². The van der Waals surface area contributed by atoms with E-state index in [9.17, 15) is 9.59 Å². The molecule has 0 spiro atoms. The number of hydrogen-bond donors (Lipinski definition) is 1. The molecule has 3 fully saturated rings. The van der Waals surface area contributed by atoms with Crippen LogP contribution in [0.15, 0.2) is 0 Å². The lowest BCUT2D eigenvalue weighted by Crippen LogP contribution is -2.49. The summed E-state index contributed by atoms with van der Waals surface area (Å²) in [5, 5.41) is 3.29. The smallest absolute Gasteiger partial charge is 0.239 e. The van der Waals surface area contributed by atoms with E-state index in [0.717, 1.165) is 78.0 Å². The third kappa shape index (κ3) is 4.28. The van der Waals surface area contributed by atoms with Crippen molar-refractivity contribution in [1.29, 1.82) is 0 Å². The van der Waals surface area contributed by atoms with Gasteiger partial charge >= 0.3 is 0 Å². The maximum atomic E-state index is 12.5. The molecule has 3 aliphatic heterocycles. The predicted molar refractivity (Wildman–Crippen MR) is 93.6 cm³/mol. The second kappa shape index (κ2) is 8.30. The van der Waals surface area contributed by atoms with Crippen LogP contribution >= 0.6 is 0 Å². The molecule has 0 radical (unpaired) electrons. The molecule has 3 aliphatic rings. The fourth-order valence-corrected chi connectivity index (χ4v) is 4.16. The number of likely N-dealkylation sites (tertiary alicyclic amines) is 1. The Morgan fingerprint density at radius 1 is 0.958 bits per heavy atom. The van der Waals surface area contributed by atoms with Gasteiger partial charge in [-0.15, -0.1) is 0 Å². The van der Waals surface area contributed by atoms with E-state index in [-0.39, 0.29) is 11.9 Å². The third-order valence-corrected chi connectivity index (χ3v) is 5.92. The van der Waals surface area contributed by atoms with Gasteiger partial charge in [0.15, 0.2) is 0 Å². The zero-order chi connectivity index (χ0) is 16.9. The highest BCUT2D eigenvalue weighted by Crippen LogP contribution is 2.23. The monoisotopic (exact) mass is 336 g/mol. The average Bonchev–Trinajstić information content (AvgIpc) is 3.16. The fourth-order valence-electron chi connectivity index (χ4n) is 4.16. The zero-order valence-corrected chi connectivity index (χ0v) is 15.0. The number of piperidine rings is 1. The Morgan fingerprint density at radius 3 is 2.25 bits per heavy atom. The Labute approximate surface area is 145 Å². The van der Waals surface area contributed by atoms with Crippen molar-refractivity contribution in [3.05, 3.63) is 0 Å². The summed E-state index contributed by atoms with van der Waals surface area (Å²) in [5.41, 5.74) is 0. The van der Waals surface area contributed by atoms with Crippen molar-refractivity contribution in [2.24, 2.45) is 5.92 Å². The van der Waals surface area contributed by atoms with Gasteiger partial charge in [0.2, 0.25) is 11.8 Å². The van der Waals surface area contributed by atoms with Crippen LogP contribution < -0.4 is 5.32 Å². The summed E-state index contributed by atoms with van der Waals surface area (Å²) in [6.45, 7) is 9.60. The minimum atomic E-state index is 0.0399. The molecule has 136 valence electrons. The van der Waals surface area contributed by atoms with Gasteiger partial charge in [0.1, 0.15) is 0 Å². The summed E-state index contributed by atoms with van der Waals surface area (Å²) in [4.78, 5) is 31.4. The second-order valence-corrected chi connectivity index (χ2v) is 7.44. The van der Waals surface area contributed by atoms with E-state index >= 15 is 0 Å². The molecule has 6 nitrogen and oxygen atoms in total. The van der Waals surface area contributed by atoms with Crippen LogP contribution in [0.5, 0.6) is 0 Å². The number of likely N-dealkylation sites (N-methyl/N-ethyl adjacent to an activating group) is 1. The summed E-state index contributed by atoms with van der Waals surface area (Å²) < 4.78 is 0. The lowest BCUT2D eigenvalue weighted by atomic mass is 9.92. The summed E-state index contributed by atoms with van der Waals surface area (Å²) in [5.74, 6) is 1.03. The molecule has 0 aromatic carbocycles. The molecule has 0 aromatic heterocycles. The quantitative estimate of drug-likeness (QED) is 0.814. The largest absolute Gasteiger partial charge is 0.341 e. The zero-order valence-electron chi connectivity index (χ0n) is 15.0. The van der Waals surface area contributed by atoms with Gasteiger partial charge in [-0.1, -0.05) is 6.92 Å². The third-order valence-electron chi connectivity index (χ3n) is 5.92. The number of carbonyl (C=O) groups excluding carboxylic acids is 2. The van der Waals surface area contributed by atoms with Crippen LogP contribution in [0.4, 0.5) is 0 Å². The minimum absolute atomic E-state index is 0.0399. The van der Waals surface area contributed by atoms with Crippen LogP contribution in [0.3, 0.4) is 0 Å². The Hall–Kier alpha value is -1.14. The highest BCUT2D eigenvalue weighted by atomic mass is 16.2. The summed E-state index contributed by atoms with van der Waals surface area (Å²) in [6, 6.07) is 0.0399. The molecule has 0 aromatic rings. The van der Waals surface area contributed by atoms with Crippen LogP contribution in [0.25, 0.3) is 0 Å². The molecular formula is C18H32N4O2. The van der Waals surface area contributed by atoms with Gasteiger partial charge in [-0.2, -0.15) is 0 Å². The molecule has 2 amide bonds. The summed E-state index contributed by atoms with van der Waals surface area (Å²) in [7, 11) is 0. The van der Waals surface area contributed by atoms with Gasteiger partial charge in [-0.05, 0) is 44.7 Å². The van der Waals surface area contributed by atoms with Crippen molar-refractivity contribution in [3.63, 3.8) is 0 Å². The maximum absolute atomic E-state index is 12.5. The molecule has 1 N–H and O–H groups in total. The SMILES string of the molecule is CCN1CCN(C(=O)CC2CCN(C(=O)C3CCCN3)CC2)CC1. The molecule has 0 aliphatic carbocycles. The van der Waals surface area contributed by atoms with Gasteiger partial charge in [0.05, 0.1) is 6.04 Å².